The molecule has 5 aromatic rings. The third kappa shape index (κ3) is 5.61. The number of aromatic hydroxyl groups is 1. The number of H-pyrrole nitrogens is 1. The third-order valence-electron chi connectivity index (χ3n) is 6.99. The normalized spacial score (nSPS) is 14.6. The van der Waals surface area contributed by atoms with E-state index in [0.717, 1.165) is 10.9 Å². The van der Waals surface area contributed by atoms with Crippen molar-refractivity contribution in [3.05, 3.63) is 76.2 Å². The van der Waals surface area contributed by atoms with Crippen LogP contribution in [-0.2, 0) is 4.74 Å². The van der Waals surface area contributed by atoms with Crippen molar-refractivity contribution in [1.82, 2.24) is 9.97 Å². The standard InChI is InChI=1S/C31H28ClN5O5S/c1-31(2,3)42-30(41)34-18-11-25(43-15-18)28(39)33-17-8-9-21-22(10-17)36-27(35-21)29(40)37-14-16(13-32)26-20-7-5-4-6-19(20)24(38)12-23(26)37/h4-12,15-16,38H,13-14H2,1-3H3,(H,33,39)(H,34,41)(H,35,36)/t16-/m1/s1. The van der Waals surface area contributed by atoms with Crippen LogP contribution in [0.1, 0.15) is 52.5 Å². The van der Waals surface area contributed by atoms with Gasteiger partial charge in [0, 0.05) is 40.9 Å². The Morgan fingerprint density at radius 3 is 2.60 bits per heavy atom. The van der Waals surface area contributed by atoms with Gasteiger partial charge < -0.3 is 25.0 Å². The van der Waals surface area contributed by atoms with Gasteiger partial charge in [0.25, 0.3) is 11.8 Å². The number of phenols is 1. The second-order valence-electron chi connectivity index (χ2n) is 11.2. The number of rotatable bonds is 5. The number of phenolic OH excluding ortho intramolecular Hbond substituents is 1. The summed E-state index contributed by atoms with van der Waals surface area (Å²) < 4.78 is 5.25. The summed E-state index contributed by atoms with van der Waals surface area (Å²) in [5.74, 6) is -0.278. The molecule has 0 radical (unpaired) electrons. The number of carbonyl (C=O) groups excluding carboxylic acids is 3. The molecule has 10 nitrogen and oxygen atoms in total. The largest absolute Gasteiger partial charge is 0.507 e. The van der Waals surface area contributed by atoms with Crippen molar-refractivity contribution < 1.29 is 24.2 Å². The first-order valence-electron chi connectivity index (χ1n) is 13.5. The maximum atomic E-state index is 13.7. The van der Waals surface area contributed by atoms with Gasteiger partial charge in [-0.1, -0.05) is 24.3 Å². The van der Waals surface area contributed by atoms with Gasteiger partial charge in [-0.3, -0.25) is 14.9 Å². The van der Waals surface area contributed by atoms with Crippen LogP contribution < -0.4 is 15.5 Å². The molecule has 12 heteroatoms. The average Bonchev–Trinajstić information content (AvgIpc) is 3.68. The number of benzene rings is 3. The van der Waals surface area contributed by atoms with Crippen LogP contribution in [0.4, 0.5) is 21.9 Å². The number of carbonyl (C=O) groups is 3. The molecule has 4 N–H and O–H groups in total. The van der Waals surface area contributed by atoms with Crippen molar-refractivity contribution >= 4 is 79.7 Å². The maximum absolute atomic E-state index is 13.7. The lowest BCUT2D eigenvalue weighted by atomic mass is 9.95. The van der Waals surface area contributed by atoms with E-state index >= 15 is 0 Å². The highest BCUT2D eigenvalue weighted by Gasteiger charge is 2.36. The van der Waals surface area contributed by atoms with Crippen LogP contribution in [0.2, 0.25) is 0 Å². The summed E-state index contributed by atoms with van der Waals surface area (Å²) in [5.41, 5.74) is 2.97. The predicted octanol–water partition coefficient (Wildman–Crippen LogP) is 7.07. The molecule has 0 saturated carbocycles. The number of hydrogen-bond acceptors (Lipinski definition) is 7. The van der Waals surface area contributed by atoms with E-state index in [9.17, 15) is 19.5 Å². The van der Waals surface area contributed by atoms with Crippen LogP contribution in [-0.4, -0.2) is 51.0 Å². The zero-order valence-corrected chi connectivity index (χ0v) is 25.1. The molecule has 6 rings (SSSR count). The Balaban J connectivity index is 1.20. The molecule has 43 heavy (non-hydrogen) atoms. The lowest BCUT2D eigenvalue weighted by molar-refractivity contribution is 0.0635. The number of fused-ring (bicyclic) bond motifs is 4. The molecule has 3 amide bonds. The zero-order chi connectivity index (χ0) is 30.5. The lowest BCUT2D eigenvalue weighted by Crippen LogP contribution is -2.30. The third-order valence-corrected chi connectivity index (χ3v) is 8.29. The molecule has 0 unspecified atom stereocenters. The number of anilines is 3. The Labute approximate surface area is 255 Å². The number of alkyl halides is 1. The van der Waals surface area contributed by atoms with Gasteiger partial charge in [-0.25, -0.2) is 9.78 Å². The van der Waals surface area contributed by atoms with Crippen molar-refractivity contribution in [3.63, 3.8) is 0 Å². The van der Waals surface area contributed by atoms with Gasteiger partial charge in [-0.05, 0) is 56.0 Å². The molecule has 220 valence electrons. The van der Waals surface area contributed by atoms with Gasteiger partial charge in [-0.15, -0.1) is 22.9 Å². The fraction of sp³-hybridized carbons (Fsp3) is 0.226. The van der Waals surface area contributed by atoms with Crippen LogP contribution >= 0.6 is 22.9 Å². The summed E-state index contributed by atoms with van der Waals surface area (Å²) >= 11 is 7.50. The van der Waals surface area contributed by atoms with Crippen molar-refractivity contribution in [2.75, 3.05) is 28.0 Å². The number of halogens is 1. The Kier molecular flexibility index (Phi) is 7.23. The van der Waals surface area contributed by atoms with Crippen molar-refractivity contribution in [3.8, 4) is 5.75 Å². The first-order valence-corrected chi connectivity index (χ1v) is 14.9. The highest BCUT2D eigenvalue weighted by Crippen LogP contribution is 2.45. The van der Waals surface area contributed by atoms with Crippen molar-refractivity contribution in [2.24, 2.45) is 0 Å². The molecule has 0 saturated heterocycles. The van der Waals surface area contributed by atoms with Crippen LogP contribution in [0, 0.1) is 0 Å². The number of amides is 3. The molecule has 0 bridgehead atoms. The molecule has 1 aliphatic rings. The van der Waals surface area contributed by atoms with E-state index in [4.69, 9.17) is 16.3 Å². The highest BCUT2D eigenvalue weighted by atomic mass is 35.5. The van der Waals surface area contributed by atoms with E-state index in [1.54, 1.807) is 61.4 Å². The minimum Gasteiger partial charge on any atom is -0.507 e. The summed E-state index contributed by atoms with van der Waals surface area (Å²) in [6, 6.07) is 15.8. The number of nitrogens with one attached hydrogen (secondary N) is 3. The van der Waals surface area contributed by atoms with Gasteiger partial charge >= 0.3 is 6.09 Å². The molecule has 3 aromatic carbocycles. The molecule has 0 aliphatic carbocycles. The van der Waals surface area contributed by atoms with E-state index in [0.29, 0.717) is 50.8 Å². The average molecular weight is 618 g/mol. The van der Waals surface area contributed by atoms with E-state index in [1.807, 2.05) is 24.3 Å². The highest BCUT2D eigenvalue weighted by molar-refractivity contribution is 7.12. The van der Waals surface area contributed by atoms with E-state index in [1.165, 1.54) is 11.3 Å². The van der Waals surface area contributed by atoms with E-state index in [2.05, 4.69) is 20.6 Å². The van der Waals surface area contributed by atoms with Crippen LogP contribution in [0.15, 0.2) is 60.0 Å². The first-order chi connectivity index (χ1) is 20.5. The number of aromatic amines is 1. The van der Waals surface area contributed by atoms with Gasteiger partial charge in [0.1, 0.15) is 11.4 Å². The van der Waals surface area contributed by atoms with Crippen LogP contribution in [0.5, 0.6) is 5.75 Å². The summed E-state index contributed by atoms with van der Waals surface area (Å²) in [4.78, 5) is 48.2. The fourth-order valence-electron chi connectivity index (χ4n) is 5.20. The number of thiophene rings is 1. The fourth-order valence-corrected chi connectivity index (χ4v) is 6.18. The molecule has 0 fully saturated rings. The minimum absolute atomic E-state index is 0.0887. The van der Waals surface area contributed by atoms with E-state index in [-0.39, 0.29) is 29.3 Å². The molecular formula is C31H28ClN5O5S. The van der Waals surface area contributed by atoms with E-state index < -0.39 is 11.7 Å². The number of aromatic nitrogens is 2. The molecule has 2 aromatic heterocycles. The zero-order valence-electron chi connectivity index (χ0n) is 23.5. The van der Waals surface area contributed by atoms with Crippen molar-refractivity contribution in [2.45, 2.75) is 32.3 Å². The smallest absolute Gasteiger partial charge is 0.412 e. The minimum atomic E-state index is -0.639. The van der Waals surface area contributed by atoms with Crippen LogP contribution in [0.25, 0.3) is 21.8 Å². The number of imidazole rings is 1. The number of ether oxygens (including phenoxy) is 1. The number of hydrogen-bond donors (Lipinski definition) is 4. The van der Waals surface area contributed by atoms with Gasteiger partial charge in [0.15, 0.2) is 5.82 Å². The first kappa shape index (κ1) is 28.5. The monoisotopic (exact) mass is 617 g/mol. The quantitative estimate of drug-likeness (QED) is 0.156. The Hall–Kier alpha value is -4.61. The second-order valence-corrected chi connectivity index (χ2v) is 12.5. The summed E-state index contributed by atoms with van der Waals surface area (Å²) in [7, 11) is 0. The SMILES string of the molecule is CC(C)(C)OC(=O)Nc1csc(C(=O)Nc2ccc3nc(C(=O)N4C[C@@H](CCl)c5c4cc(O)c4ccccc54)[nH]c3c2)c1. The summed E-state index contributed by atoms with van der Waals surface area (Å²) in [5, 5.41) is 19.4. The Morgan fingerprint density at radius 2 is 1.86 bits per heavy atom. The van der Waals surface area contributed by atoms with Gasteiger partial charge in [-0.2, -0.15) is 0 Å². The predicted molar refractivity (Wildman–Crippen MR) is 169 cm³/mol. The summed E-state index contributed by atoms with van der Waals surface area (Å²) in [6.07, 6.45) is -0.604. The lowest BCUT2D eigenvalue weighted by Gasteiger charge is -2.19. The van der Waals surface area contributed by atoms with Gasteiger partial charge in [0.05, 0.1) is 27.3 Å². The molecular weight excluding hydrogens is 590 g/mol. The number of nitrogens with zero attached hydrogens (tertiary/aromatic N) is 2. The second kappa shape index (κ2) is 10.9. The van der Waals surface area contributed by atoms with Crippen molar-refractivity contribution in [1.29, 1.82) is 0 Å². The molecule has 1 aliphatic heterocycles. The summed E-state index contributed by atoms with van der Waals surface area (Å²) in [6.45, 7) is 5.66. The van der Waals surface area contributed by atoms with Gasteiger partial charge in [0.2, 0.25) is 0 Å². The topological polar surface area (TPSA) is 137 Å². The maximum Gasteiger partial charge on any atom is 0.412 e. The molecule has 1 atom stereocenters. The Bertz CT molecular complexity index is 1910. The Morgan fingerprint density at radius 1 is 1.09 bits per heavy atom. The molecule has 0 spiro atoms. The van der Waals surface area contributed by atoms with Crippen LogP contribution in [0.3, 0.4) is 0 Å². The molecule has 3 heterocycles.